The number of nitrogens with one attached hydrogen (secondary N) is 1. The van der Waals surface area contributed by atoms with Crippen LogP contribution in [0.3, 0.4) is 0 Å². The number of hydrogen-bond acceptors (Lipinski definition) is 2. The highest BCUT2D eigenvalue weighted by molar-refractivity contribution is 6.01. The van der Waals surface area contributed by atoms with Gasteiger partial charge in [0.05, 0.1) is 0 Å². The average Bonchev–Trinajstić information content (AvgIpc) is 2.79. The van der Waals surface area contributed by atoms with Crippen LogP contribution in [0.1, 0.15) is 42.4 Å². The summed E-state index contributed by atoms with van der Waals surface area (Å²) >= 11 is 0. The Hall–Kier alpha value is -3.40. The second-order valence-corrected chi connectivity index (χ2v) is 8.47. The summed E-state index contributed by atoms with van der Waals surface area (Å²) in [6, 6.07) is 27.9. The zero-order valence-corrected chi connectivity index (χ0v) is 18.0. The number of rotatable bonds is 6. The second-order valence-electron chi connectivity index (χ2n) is 8.47. The van der Waals surface area contributed by atoms with Crippen molar-refractivity contribution in [3.05, 3.63) is 102 Å². The van der Waals surface area contributed by atoms with Crippen LogP contribution in [-0.4, -0.2) is 28.8 Å². The topological polar surface area (TPSA) is 49.4 Å². The van der Waals surface area contributed by atoms with Crippen molar-refractivity contribution in [3.63, 3.8) is 0 Å². The summed E-state index contributed by atoms with van der Waals surface area (Å²) in [4.78, 5) is 28.1. The van der Waals surface area contributed by atoms with Crippen molar-refractivity contribution < 1.29 is 9.59 Å². The van der Waals surface area contributed by atoms with E-state index in [1.807, 2.05) is 74.5 Å². The number of benzene rings is 3. The molecule has 2 amide bonds. The molecule has 0 saturated carbocycles. The van der Waals surface area contributed by atoms with Crippen LogP contribution in [-0.2, 0) is 9.59 Å². The lowest BCUT2D eigenvalue weighted by Gasteiger charge is -2.49. The van der Waals surface area contributed by atoms with Gasteiger partial charge < -0.3 is 10.2 Å². The molecule has 1 aliphatic heterocycles. The molecular weight excluding hydrogens is 384 g/mol. The first-order valence-electron chi connectivity index (χ1n) is 10.8. The van der Waals surface area contributed by atoms with E-state index in [2.05, 4.69) is 29.6 Å². The SMILES string of the molecule is Cc1ccc(NC(=O)C2(C)CCN2C(=O)CC(c2ccccc2)c2ccccc2)cc1. The number of nitrogens with zero attached hydrogens (tertiary/aromatic N) is 1. The maximum absolute atomic E-state index is 13.3. The molecule has 1 unspecified atom stereocenters. The Kier molecular flexibility index (Phi) is 5.90. The molecule has 0 radical (unpaired) electrons. The molecule has 4 nitrogen and oxygen atoms in total. The first kappa shape index (κ1) is 20.9. The van der Waals surface area contributed by atoms with E-state index in [4.69, 9.17) is 0 Å². The summed E-state index contributed by atoms with van der Waals surface area (Å²) in [6.07, 6.45) is 0.999. The molecule has 3 aromatic carbocycles. The van der Waals surface area contributed by atoms with Gasteiger partial charge in [0.1, 0.15) is 5.54 Å². The number of likely N-dealkylation sites (tertiary alicyclic amines) is 1. The number of hydrogen-bond donors (Lipinski definition) is 1. The molecule has 0 spiro atoms. The first-order chi connectivity index (χ1) is 15.0. The third-order valence-corrected chi connectivity index (χ3v) is 6.30. The van der Waals surface area contributed by atoms with Crippen LogP contribution in [0.25, 0.3) is 0 Å². The molecule has 0 aromatic heterocycles. The summed E-state index contributed by atoms with van der Waals surface area (Å²) < 4.78 is 0. The molecule has 1 fully saturated rings. The molecule has 158 valence electrons. The molecule has 1 atom stereocenters. The minimum atomic E-state index is -0.820. The molecule has 4 rings (SSSR count). The minimum Gasteiger partial charge on any atom is -0.328 e. The van der Waals surface area contributed by atoms with Crippen molar-refractivity contribution in [1.29, 1.82) is 0 Å². The number of anilines is 1. The van der Waals surface area contributed by atoms with Crippen LogP contribution in [0.2, 0.25) is 0 Å². The normalized spacial score (nSPS) is 17.8. The van der Waals surface area contributed by atoms with E-state index in [0.717, 1.165) is 22.4 Å². The number of carbonyl (C=O) groups is 2. The Morgan fingerprint density at radius 3 is 1.94 bits per heavy atom. The zero-order valence-electron chi connectivity index (χ0n) is 18.0. The summed E-state index contributed by atoms with van der Waals surface area (Å²) in [5, 5.41) is 2.98. The highest BCUT2D eigenvalue weighted by Gasteiger charge is 2.49. The van der Waals surface area contributed by atoms with Crippen LogP contribution in [0.5, 0.6) is 0 Å². The molecule has 0 bridgehead atoms. The minimum absolute atomic E-state index is 0.00510. The van der Waals surface area contributed by atoms with E-state index in [0.29, 0.717) is 19.4 Å². The Labute approximate surface area is 183 Å². The van der Waals surface area contributed by atoms with Gasteiger partial charge in [-0.25, -0.2) is 0 Å². The van der Waals surface area contributed by atoms with E-state index >= 15 is 0 Å². The highest BCUT2D eigenvalue weighted by Crippen LogP contribution is 2.35. The quantitative estimate of drug-likeness (QED) is 0.609. The van der Waals surface area contributed by atoms with E-state index in [1.165, 1.54) is 0 Å². The van der Waals surface area contributed by atoms with E-state index in [9.17, 15) is 9.59 Å². The molecule has 4 heteroatoms. The molecule has 31 heavy (non-hydrogen) atoms. The van der Waals surface area contributed by atoms with Crippen molar-refractivity contribution in [3.8, 4) is 0 Å². The van der Waals surface area contributed by atoms with Crippen LogP contribution >= 0.6 is 0 Å². The summed E-state index contributed by atoms with van der Waals surface area (Å²) in [5.41, 5.74) is 3.28. The van der Waals surface area contributed by atoms with Gasteiger partial charge in [-0.2, -0.15) is 0 Å². The zero-order chi connectivity index (χ0) is 21.8. The highest BCUT2D eigenvalue weighted by atomic mass is 16.2. The first-order valence-corrected chi connectivity index (χ1v) is 10.8. The molecule has 1 heterocycles. The van der Waals surface area contributed by atoms with Gasteiger partial charge in [-0.3, -0.25) is 9.59 Å². The lowest BCUT2D eigenvalue weighted by Crippen LogP contribution is -2.66. The molecule has 1 saturated heterocycles. The predicted octanol–water partition coefficient (Wildman–Crippen LogP) is 5.15. The Morgan fingerprint density at radius 1 is 0.903 bits per heavy atom. The summed E-state index contributed by atoms with van der Waals surface area (Å²) in [5.74, 6) is -0.169. The smallest absolute Gasteiger partial charge is 0.250 e. The Morgan fingerprint density at radius 2 is 1.45 bits per heavy atom. The predicted molar refractivity (Wildman–Crippen MR) is 124 cm³/mol. The number of aryl methyl sites for hydroxylation is 1. The largest absolute Gasteiger partial charge is 0.328 e. The van der Waals surface area contributed by atoms with Crippen LogP contribution < -0.4 is 5.32 Å². The van der Waals surface area contributed by atoms with Gasteiger partial charge in [-0.05, 0) is 43.5 Å². The summed E-state index contributed by atoms with van der Waals surface area (Å²) in [6.45, 7) is 4.47. The maximum Gasteiger partial charge on any atom is 0.250 e. The van der Waals surface area contributed by atoms with Crippen molar-refractivity contribution in [1.82, 2.24) is 4.90 Å². The fourth-order valence-corrected chi connectivity index (χ4v) is 4.18. The number of carbonyl (C=O) groups excluding carboxylic acids is 2. The fraction of sp³-hybridized carbons (Fsp3) is 0.259. The maximum atomic E-state index is 13.3. The summed E-state index contributed by atoms with van der Waals surface area (Å²) in [7, 11) is 0. The van der Waals surface area contributed by atoms with Crippen molar-refractivity contribution in [2.45, 2.75) is 38.1 Å². The molecule has 0 aliphatic carbocycles. The molecule has 1 N–H and O–H groups in total. The van der Waals surface area contributed by atoms with E-state index in [-0.39, 0.29) is 17.7 Å². The average molecular weight is 413 g/mol. The van der Waals surface area contributed by atoms with Crippen molar-refractivity contribution in [2.75, 3.05) is 11.9 Å². The number of amides is 2. The van der Waals surface area contributed by atoms with E-state index < -0.39 is 5.54 Å². The molecular formula is C27H28N2O2. The fourth-order valence-electron chi connectivity index (χ4n) is 4.18. The van der Waals surface area contributed by atoms with Crippen LogP contribution in [0, 0.1) is 6.92 Å². The van der Waals surface area contributed by atoms with Crippen LogP contribution in [0.4, 0.5) is 5.69 Å². The van der Waals surface area contributed by atoms with Gasteiger partial charge in [0.2, 0.25) is 11.8 Å². The van der Waals surface area contributed by atoms with Crippen molar-refractivity contribution in [2.24, 2.45) is 0 Å². The van der Waals surface area contributed by atoms with Crippen molar-refractivity contribution >= 4 is 17.5 Å². The third-order valence-electron chi connectivity index (χ3n) is 6.30. The Balaban J connectivity index is 1.51. The van der Waals surface area contributed by atoms with E-state index in [1.54, 1.807) is 4.90 Å². The van der Waals surface area contributed by atoms with Crippen LogP contribution in [0.15, 0.2) is 84.9 Å². The standard InChI is InChI=1S/C27H28N2O2/c1-20-13-15-23(16-14-20)28-26(31)27(2)17-18-29(27)25(30)19-24(21-9-5-3-6-10-21)22-11-7-4-8-12-22/h3-16,24H,17-19H2,1-2H3,(H,28,31). The monoisotopic (exact) mass is 412 g/mol. The molecule has 1 aliphatic rings. The van der Waals surface area contributed by atoms with Gasteiger partial charge in [-0.1, -0.05) is 78.4 Å². The third kappa shape index (κ3) is 4.38. The lowest BCUT2D eigenvalue weighted by atomic mass is 9.82. The lowest BCUT2D eigenvalue weighted by molar-refractivity contribution is -0.154. The van der Waals surface area contributed by atoms with Gasteiger partial charge in [0.15, 0.2) is 0 Å². The van der Waals surface area contributed by atoms with Gasteiger partial charge >= 0.3 is 0 Å². The van der Waals surface area contributed by atoms with Gasteiger partial charge in [0, 0.05) is 24.6 Å². The Bertz CT molecular complexity index is 1010. The van der Waals surface area contributed by atoms with Gasteiger partial charge in [-0.15, -0.1) is 0 Å². The molecule has 3 aromatic rings. The van der Waals surface area contributed by atoms with Gasteiger partial charge in [0.25, 0.3) is 0 Å². The second kappa shape index (κ2) is 8.76.